The van der Waals surface area contributed by atoms with Crippen LogP contribution in [-0.2, 0) is 4.79 Å². The molecule has 1 fully saturated rings. The molecule has 7 nitrogen and oxygen atoms in total. The number of primary amides is 1. The first-order chi connectivity index (χ1) is 12.1. The Morgan fingerprint density at radius 3 is 2.68 bits per heavy atom. The Balaban J connectivity index is 1.63. The predicted molar refractivity (Wildman–Crippen MR) is 94.8 cm³/mol. The number of hydrogen-bond donors (Lipinski definition) is 2. The average molecular weight is 340 g/mol. The monoisotopic (exact) mass is 340 g/mol. The molecule has 2 amide bonds. The van der Waals surface area contributed by atoms with Crippen molar-refractivity contribution in [3.8, 4) is 5.75 Å². The summed E-state index contributed by atoms with van der Waals surface area (Å²) in [6.07, 6.45) is 4.03. The van der Waals surface area contributed by atoms with E-state index >= 15 is 0 Å². The van der Waals surface area contributed by atoms with E-state index in [1.165, 1.54) is 12.8 Å². The summed E-state index contributed by atoms with van der Waals surface area (Å²) in [6, 6.07) is 10.3. The van der Waals surface area contributed by atoms with E-state index < -0.39 is 5.91 Å². The highest BCUT2D eigenvalue weighted by Crippen LogP contribution is 2.20. The molecule has 1 aromatic carbocycles. The molecule has 2 aromatic rings. The molecule has 2 heterocycles. The molecule has 25 heavy (non-hydrogen) atoms. The van der Waals surface area contributed by atoms with Crippen molar-refractivity contribution in [1.82, 2.24) is 4.98 Å². The highest BCUT2D eigenvalue weighted by Gasteiger charge is 2.13. The van der Waals surface area contributed by atoms with Gasteiger partial charge in [0, 0.05) is 18.7 Å². The van der Waals surface area contributed by atoms with Gasteiger partial charge in [-0.25, -0.2) is 4.98 Å². The number of nitrogens with one attached hydrogen (secondary N) is 1. The van der Waals surface area contributed by atoms with E-state index in [0.717, 1.165) is 18.9 Å². The van der Waals surface area contributed by atoms with Crippen LogP contribution in [0.25, 0.3) is 0 Å². The number of carbonyl (C=O) groups excluding carboxylic acids is 2. The summed E-state index contributed by atoms with van der Waals surface area (Å²) in [5.41, 5.74) is 6.09. The van der Waals surface area contributed by atoms with Crippen LogP contribution in [0, 0.1) is 0 Å². The molecule has 0 radical (unpaired) electrons. The molecule has 1 saturated heterocycles. The van der Waals surface area contributed by atoms with Crippen molar-refractivity contribution in [3.63, 3.8) is 0 Å². The number of carbonyl (C=O) groups is 2. The van der Waals surface area contributed by atoms with E-state index in [1.807, 2.05) is 12.1 Å². The first-order valence-corrected chi connectivity index (χ1v) is 8.15. The average Bonchev–Trinajstić information content (AvgIpc) is 3.15. The van der Waals surface area contributed by atoms with E-state index in [0.29, 0.717) is 17.0 Å². The minimum atomic E-state index is -0.570. The van der Waals surface area contributed by atoms with Gasteiger partial charge in [-0.05, 0) is 43.2 Å². The Morgan fingerprint density at radius 2 is 2.00 bits per heavy atom. The fourth-order valence-electron chi connectivity index (χ4n) is 2.68. The second-order valence-corrected chi connectivity index (χ2v) is 5.84. The molecule has 130 valence electrons. The standard InChI is InChI=1S/C18H20N4O3/c19-16(23)12-25-15-5-3-4-13(10-15)18(24)21-14-6-7-17(20-11-14)22-8-1-2-9-22/h3-7,10-11H,1-2,8-9,12H2,(H2,19,23)(H,21,24). The van der Waals surface area contributed by atoms with Crippen LogP contribution in [0.4, 0.5) is 11.5 Å². The van der Waals surface area contributed by atoms with Crippen LogP contribution in [0.5, 0.6) is 5.75 Å². The topological polar surface area (TPSA) is 97.6 Å². The Bertz CT molecular complexity index is 755. The second kappa shape index (κ2) is 7.65. The van der Waals surface area contributed by atoms with E-state index in [9.17, 15) is 9.59 Å². The number of pyridine rings is 1. The number of anilines is 2. The van der Waals surface area contributed by atoms with Crippen molar-refractivity contribution < 1.29 is 14.3 Å². The maximum Gasteiger partial charge on any atom is 0.255 e. The normalized spacial score (nSPS) is 13.5. The quantitative estimate of drug-likeness (QED) is 0.835. The number of rotatable bonds is 6. The van der Waals surface area contributed by atoms with Crippen LogP contribution in [0.15, 0.2) is 42.6 Å². The SMILES string of the molecule is NC(=O)COc1cccc(C(=O)Nc2ccc(N3CCCC3)nc2)c1. The molecular formula is C18H20N4O3. The van der Waals surface area contributed by atoms with Crippen molar-refractivity contribution in [2.45, 2.75) is 12.8 Å². The molecule has 0 saturated carbocycles. The van der Waals surface area contributed by atoms with Gasteiger partial charge in [-0.2, -0.15) is 0 Å². The third-order valence-corrected chi connectivity index (χ3v) is 3.91. The van der Waals surface area contributed by atoms with Crippen molar-refractivity contribution in [3.05, 3.63) is 48.2 Å². The third-order valence-electron chi connectivity index (χ3n) is 3.91. The van der Waals surface area contributed by atoms with Crippen molar-refractivity contribution in [2.75, 3.05) is 29.9 Å². The summed E-state index contributed by atoms with van der Waals surface area (Å²) in [7, 11) is 0. The summed E-state index contributed by atoms with van der Waals surface area (Å²) in [4.78, 5) is 29.7. The molecule has 0 unspecified atom stereocenters. The van der Waals surface area contributed by atoms with Gasteiger partial charge in [-0.15, -0.1) is 0 Å². The van der Waals surface area contributed by atoms with Gasteiger partial charge in [0.05, 0.1) is 11.9 Å². The van der Waals surface area contributed by atoms with Gasteiger partial charge in [-0.1, -0.05) is 6.07 Å². The van der Waals surface area contributed by atoms with Crippen LogP contribution >= 0.6 is 0 Å². The zero-order valence-electron chi connectivity index (χ0n) is 13.8. The highest BCUT2D eigenvalue weighted by atomic mass is 16.5. The maximum atomic E-state index is 12.3. The number of amides is 2. The van der Waals surface area contributed by atoms with Crippen LogP contribution in [0.3, 0.4) is 0 Å². The lowest BCUT2D eigenvalue weighted by atomic mass is 10.2. The van der Waals surface area contributed by atoms with Gasteiger partial charge < -0.3 is 20.7 Å². The molecule has 3 N–H and O–H groups in total. The zero-order valence-corrected chi connectivity index (χ0v) is 13.8. The fraction of sp³-hybridized carbons (Fsp3) is 0.278. The minimum Gasteiger partial charge on any atom is -0.484 e. The molecule has 1 aliphatic heterocycles. The van der Waals surface area contributed by atoms with Gasteiger partial charge in [0.25, 0.3) is 11.8 Å². The lowest BCUT2D eigenvalue weighted by Crippen LogP contribution is -2.20. The van der Waals surface area contributed by atoms with Crippen molar-refractivity contribution in [2.24, 2.45) is 5.73 Å². The van der Waals surface area contributed by atoms with Crippen molar-refractivity contribution >= 4 is 23.3 Å². The summed E-state index contributed by atoms with van der Waals surface area (Å²) >= 11 is 0. The largest absolute Gasteiger partial charge is 0.484 e. The Kier molecular flexibility index (Phi) is 5.13. The molecule has 1 aliphatic rings. The Morgan fingerprint density at radius 1 is 1.20 bits per heavy atom. The van der Waals surface area contributed by atoms with E-state index in [-0.39, 0.29) is 12.5 Å². The number of hydrogen-bond acceptors (Lipinski definition) is 5. The smallest absolute Gasteiger partial charge is 0.255 e. The molecular weight excluding hydrogens is 320 g/mol. The molecule has 0 aliphatic carbocycles. The lowest BCUT2D eigenvalue weighted by molar-refractivity contribution is -0.119. The van der Waals surface area contributed by atoms with E-state index in [4.69, 9.17) is 10.5 Å². The summed E-state index contributed by atoms with van der Waals surface area (Å²) < 4.78 is 5.21. The third kappa shape index (κ3) is 4.47. The minimum absolute atomic E-state index is 0.229. The molecule has 0 atom stereocenters. The Labute approximate surface area is 145 Å². The van der Waals surface area contributed by atoms with Gasteiger partial charge >= 0.3 is 0 Å². The predicted octanol–water partition coefficient (Wildman–Crippen LogP) is 1.80. The number of nitrogens with zero attached hydrogens (tertiary/aromatic N) is 2. The number of benzene rings is 1. The van der Waals surface area contributed by atoms with Crippen molar-refractivity contribution in [1.29, 1.82) is 0 Å². The molecule has 3 rings (SSSR count). The summed E-state index contributed by atoms with van der Waals surface area (Å²) in [6.45, 7) is 1.82. The highest BCUT2D eigenvalue weighted by molar-refractivity contribution is 6.04. The summed E-state index contributed by atoms with van der Waals surface area (Å²) in [5, 5.41) is 2.80. The van der Waals surface area contributed by atoms with Crippen LogP contribution in [-0.4, -0.2) is 36.5 Å². The second-order valence-electron chi connectivity index (χ2n) is 5.84. The summed E-state index contributed by atoms with van der Waals surface area (Å²) in [5.74, 6) is 0.491. The lowest BCUT2D eigenvalue weighted by Gasteiger charge is -2.16. The molecule has 7 heteroatoms. The number of ether oxygens (including phenoxy) is 1. The molecule has 1 aromatic heterocycles. The van der Waals surface area contributed by atoms with Gasteiger partial charge in [0.2, 0.25) is 0 Å². The number of nitrogens with two attached hydrogens (primary N) is 1. The zero-order chi connectivity index (χ0) is 17.6. The van der Waals surface area contributed by atoms with Gasteiger partial charge in [0.15, 0.2) is 6.61 Å². The van der Waals surface area contributed by atoms with Crippen LogP contribution < -0.4 is 20.7 Å². The Hall–Kier alpha value is -3.09. The van der Waals surface area contributed by atoms with Crippen LogP contribution in [0.1, 0.15) is 23.2 Å². The maximum absolute atomic E-state index is 12.3. The van der Waals surface area contributed by atoms with E-state index in [2.05, 4.69) is 15.2 Å². The fourth-order valence-corrected chi connectivity index (χ4v) is 2.68. The number of aromatic nitrogens is 1. The van der Waals surface area contributed by atoms with Crippen LogP contribution in [0.2, 0.25) is 0 Å². The van der Waals surface area contributed by atoms with Gasteiger partial charge in [-0.3, -0.25) is 9.59 Å². The van der Waals surface area contributed by atoms with E-state index in [1.54, 1.807) is 30.5 Å². The molecule has 0 bridgehead atoms. The first kappa shape index (κ1) is 16.8. The molecule has 0 spiro atoms. The first-order valence-electron chi connectivity index (χ1n) is 8.15. The van der Waals surface area contributed by atoms with Gasteiger partial charge in [0.1, 0.15) is 11.6 Å².